The number of fused-ring (bicyclic) bond motifs is 1. The summed E-state index contributed by atoms with van der Waals surface area (Å²) in [7, 11) is 1.50. The molecule has 0 aliphatic carbocycles. The lowest BCUT2D eigenvalue weighted by Crippen LogP contribution is -2.44. The summed E-state index contributed by atoms with van der Waals surface area (Å²) in [5, 5.41) is 2.69. The van der Waals surface area contributed by atoms with Gasteiger partial charge in [0, 0.05) is 0 Å². The third-order valence-electron chi connectivity index (χ3n) is 4.38. The Morgan fingerprint density at radius 1 is 1.17 bits per heavy atom. The first-order valence-electron chi connectivity index (χ1n) is 9.27. The van der Waals surface area contributed by atoms with E-state index in [1.54, 1.807) is 42.5 Å². The van der Waals surface area contributed by atoms with E-state index in [9.17, 15) is 14.4 Å². The molecule has 2 amide bonds. The van der Waals surface area contributed by atoms with Gasteiger partial charge in [-0.3, -0.25) is 14.5 Å². The quantitative estimate of drug-likeness (QED) is 0.530. The van der Waals surface area contributed by atoms with E-state index in [4.69, 9.17) is 14.2 Å². The molecule has 0 radical (unpaired) electrons. The highest BCUT2D eigenvalue weighted by Crippen LogP contribution is 2.29. The maximum atomic E-state index is 12.5. The Morgan fingerprint density at radius 3 is 2.73 bits per heavy atom. The van der Waals surface area contributed by atoms with Crippen LogP contribution >= 0.6 is 0 Å². The fourth-order valence-corrected chi connectivity index (χ4v) is 2.98. The van der Waals surface area contributed by atoms with Crippen molar-refractivity contribution >= 4 is 29.2 Å². The van der Waals surface area contributed by atoms with Crippen LogP contribution in [0.15, 0.2) is 55.1 Å². The fourth-order valence-electron chi connectivity index (χ4n) is 2.98. The minimum atomic E-state index is -0.713. The summed E-state index contributed by atoms with van der Waals surface area (Å²) in [6.45, 7) is 2.66. The smallest absolute Gasteiger partial charge is 0.344 e. The van der Waals surface area contributed by atoms with E-state index >= 15 is 0 Å². The topological polar surface area (TPSA) is 94.2 Å². The van der Waals surface area contributed by atoms with Gasteiger partial charge in [-0.1, -0.05) is 24.3 Å². The third kappa shape index (κ3) is 4.96. The van der Waals surface area contributed by atoms with E-state index in [-0.39, 0.29) is 19.1 Å². The lowest BCUT2D eigenvalue weighted by molar-refractivity contribution is -0.149. The number of amides is 2. The first-order valence-corrected chi connectivity index (χ1v) is 9.27. The van der Waals surface area contributed by atoms with Crippen LogP contribution in [0.4, 0.5) is 11.4 Å². The molecule has 0 spiro atoms. The second-order valence-corrected chi connectivity index (χ2v) is 6.47. The van der Waals surface area contributed by atoms with Gasteiger partial charge in [0.05, 0.1) is 18.5 Å². The lowest BCUT2D eigenvalue weighted by atomic mass is 10.1. The molecule has 0 unspecified atom stereocenters. The van der Waals surface area contributed by atoms with Crippen molar-refractivity contribution in [3.63, 3.8) is 0 Å². The number of benzene rings is 2. The molecule has 156 valence electrons. The summed E-state index contributed by atoms with van der Waals surface area (Å²) >= 11 is 0. The zero-order valence-corrected chi connectivity index (χ0v) is 16.6. The molecule has 0 fully saturated rings. The molecule has 1 N–H and O–H groups in total. The molecule has 2 aromatic carbocycles. The molecule has 0 saturated heterocycles. The predicted molar refractivity (Wildman–Crippen MR) is 111 cm³/mol. The largest absolute Gasteiger partial charge is 0.493 e. The van der Waals surface area contributed by atoms with Crippen molar-refractivity contribution < 1.29 is 28.6 Å². The Kier molecular flexibility index (Phi) is 6.69. The summed E-state index contributed by atoms with van der Waals surface area (Å²) in [5.74, 6) is -0.666. The van der Waals surface area contributed by atoms with Crippen molar-refractivity contribution in [2.45, 2.75) is 6.42 Å². The molecule has 3 rings (SSSR count). The van der Waals surface area contributed by atoms with Crippen molar-refractivity contribution in [2.75, 3.05) is 37.1 Å². The minimum absolute atomic E-state index is 0.141. The number of hydrogen-bond donors (Lipinski definition) is 1. The molecule has 1 heterocycles. The van der Waals surface area contributed by atoms with E-state index < -0.39 is 18.5 Å². The third-order valence-corrected chi connectivity index (χ3v) is 4.38. The summed E-state index contributed by atoms with van der Waals surface area (Å²) in [5.41, 5.74) is 2.08. The molecule has 8 nitrogen and oxygen atoms in total. The zero-order valence-electron chi connectivity index (χ0n) is 16.6. The van der Waals surface area contributed by atoms with Crippen molar-refractivity contribution in [3.05, 3.63) is 60.7 Å². The second-order valence-electron chi connectivity index (χ2n) is 6.47. The van der Waals surface area contributed by atoms with Crippen LogP contribution in [-0.4, -0.2) is 44.7 Å². The van der Waals surface area contributed by atoms with Gasteiger partial charge in [0.25, 0.3) is 5.91 Å². The number of nitrogens with zero attached hydrogens (tertiary/aromatic N) is 1. The van der Waals surface area contributed by atoms with Gasteiger partial charge in [-0.2, -0.15) is 0 Å². The average molecular weight is 410 g/mol. The Hall–Kier alpha value is -3.81. The molecule has 8 heteroatoms. The highest BCUT2D eigenvalue weighted by Gasteiger charge is 2.27. The van der Waals surface area contributed by atoms with Crippen LogP contribution in [0.25, 0.3) is 0 Å². The SMILES string of the molecule is C=CCc1ccc(OCC(=O)OCC(=O)N2CC(=O)Nc3ccccc32)c(OC)c1. The number of allylic oxidation sites excluding steroid dienone is 1. The monoisotopic (exact) mass is 410 g/mol. The van der Waals surface area contributed by atoms with Gasteiger partial charge in [-0.25, -0.2) is 4.79 Å². The number of para-hydroxylation sites is 2. The van der Waals surface area contributed by atoms with Crippen LogP contribution in [0.2, 0.25) is 0 Å². The standard InChI is InChI=1S/C22H22N2O6/c1-3-6-15-9-10-18(19(11-15)28-2)29-14-22(27)30-13-21(26)24-12-20(25)23-16-7-4-5-8-17(16)24/h3-5,7-11H,1,6,12-14H2,2H3,(H,23,25). The molecule has 1 aliphatic heterocycles. The summed E-state index contributed by atoms with van der Waals surface area (Å²) in [6, 6.07) is 12.2. The van der Waals surface area contributed by atoms with Crippen molar-refractivity contribution in [3.8, 4) is 11.5 Å². The lowest BCUT2D eigenvalue weighted by Gasteiger charge is -2.28. The van der Waals surface area contributed by atoms with Crippen molar-refractivity contribution in [2.24, 2.45) is 0 Å². The fraction of sp³-hybridized carbons (Fsp3) is 0.227. The number of esters is 1. The number of rotatable bonds is 8. The Labute approximate surface area is 174 Å². The predicted octanol–water partition coefficient (Wildman–Crippen LogP) is 2.33. The van der Waals surface area contributed by atoms with Gasteiger partial charge >= 0.3 is 5.97 Å². The van der Waals surface area contributed by atoms with Crippen LogP contribution in [0.5, 0.6) is 11.5 Å². The van der Waals surface area contributed by atoms with Gasteiger partial charge in [0.2, 0.25) is 5.91 Å². The van der Waals surface area contributed by atoms with Crippen LogP contribution < -0.4 is 19.7 Å². The first kappa shape index (κ1) is 20.9. The Bertz CT molecular complexity index is 972. The minimum Gasteiger partial charge on any atom is -0.493 e. The van der Waals surface area contributed by atoms with Gasteiger partial charge in [-0.05, 0) is 36.2 Å². The van der Waals surface area contributed by atoms with E-state index in [0.29, 0.717) is 29.3 Å². The van der Waals surface area contributed by atoms with Gasteiger partial charge in [-0.15, -0.1) is 6.58 Å². The zero-order chi connectivity index (χ0) is 21.5. The molecule has 0 atom stereocenters. The van der Waals surface area contributed by atoms with Crippen LogP contribution in [-0.2, 0) is 25.5 Å². The van der Waals surface area contributed by atoms with Gasteiger partial charge in [0.15, 0.2) is 24.7 Å². The number of anilines is 2. The van der Waals surface area contributed by atoms with E-state index in [1.807, 2.05) is 6.07 Å². The van der Waals surface area contributed by atoms with Crippen LogP contribution in [0.1, 0.15) is 5.56 Å². The number of methoxy groups -OCH3 is 1. The van der Waals surface area contributed by atoms with Crippen LogP contribution in [0.3, 0.4) is 0 Å². The Morgan fingerprint density at radius 2 is 1.97 bits per heavy atom. The van der Waals surface area contributed by atoms with E-state index in [0.717, 1.165) is 5.56 Å². The molecule has 0 bridgehead atoms. The number of ether oxygens (including phenoxy) is 3. The summed E-state index contributed by atoms with van der Waals surface area (Å²) in [4.78, 5) is 37.6. The summed E-state index contributed by atoms with van der Waals surface area (Å²) < 4.78 is 15.8. The summed E-state index contributed by atoms with van der Waals surface area (Å²) in [6.07, 6.45) is 2.45. The Balaban J connectivity index is 1.55. The molecule has 1 aliphatic rings. The van der Waals surface area contributed by atoms with E-state index in [2.05, 4.69) is 11.9 Å². The van der Waals surface area contributed by atoms with Crippen molar-refractivity contribution in [1.29, 1.82) is 0 Å². The highest BCUT2D eigenvalue weighted by molar-refractivity contribution is 6.10. The van der Waals surface area contributed by atoms with Gasteiger partial charge in [0.1, 0.15) is 6.54 Å². The normalized spacial score (nSPS) is 12.4. The number of nitrogens with one attached hydrogen (secondary N) is 1. The molecular weight excluding hydrogens is 388 g/mol. The van der Waals surface area contributed by atoms with Crippen LogP contribution in [0, 0.1) is 0 Å². The molecule has 0 saturated carbocycles. The first-order chi connectivity index (χ1) is 14.5. The molecule has 30 heavy (non-hydrogen) atoms. The maximum Gasteiger partial charge on any atom is 0.344 e. The van der Waals surface area contributed by atoms with Gasteiger partial charge < -0.3 is 19.5 Å². The molecular formula is C22H22N2O6. The number of carbonyl (C=O) groups is 3. The number of hydrogen-bond acceptors (Lipinski definition) is 6. The average Bonchev–Trinajstić information content (AvgIpc) is 2.76. The maximum absolute atomic E-state index is 12.5. The van der Waals surface area contributed by atoms with Crippen molar-refractivity contribution in [1.82, 2.24) is 0 Å². The number of carbonyl (C=O) groups excluding carboxylic acids is 3. The molecule has 2 aromatic rings. The highest BCUT2D eigenvalue weighted by atomic mass is 16.6. The molecule has 0 aromatic heterocycles. The second kappa shape index (κ2) is 9.60. The van der Waals surface area contributed by atoms with E-state index in [1.165, 1.54) is 12.0 Å².